The van der Waals surface area contributed by atoms with Gasteiger partial charge in [0.15, 0.2) is 5.58 Å². The molecule has 0 saturated carbocycles. The summed E-state index contributed by atoms with van der Waals surface area (Å²) in [5.74, 6) is 0.584. The fraction of sp³-hybridized carbons (Fsp3) is 0. The fourth-order valence-electron chi connectivity index (χ4n) is 9.08. The Morgan fingerprint density at radius 1 is 0.393 bits per heavy atom. The molecule has 0 spiro atoms. The first-order valence-electron chi connectivity index (χ1n) is 18.8. The van der Waals surface area contributed by atoms with Crippen LogP contribution in [0.4, 0.5) is 0 Å². The van der Waals surface area contributed by atoms with Gasteiger partial charge in [0.1, 0.15) is 28.0 Å². The molecule has 0 fully saturated rings. The SMILES string of the molecule is c1ccc(-n2c3ccccc3c3cc(-c4nc(-n5c6ccccc6c6cc7ccc8oc9ccccc9c8c7cc65)nc5c4oc4ccccc45)ccc32)cc1. The fourth-order valence-corrected chi connectivity index (χ4v) is 9.08. The Balaban J connectivity index is 1.13. The molecule has 0 aliphatic heterocycles. The molecule has 260 valence electrons. The van der Waals surface area contributed by atoms with E-state index in [9.17, 15) is 0 Å². The van der Waals surface area contributed by atoms with Crippen LogP contribution < -0.4 is 0 Å². The van der Waals surface area contributed by atoms with Gasteiger partial charge >= 0.3 is 0 Å². The zero-order valence-electron chi connectivity index (χ0n) is 29.8. The zero-order valence-corrected chi connectivity index (χ0v) is 29.8. The highest BCUT2D eigenvalue weighted by Gasteiger charge is 2.23. The van der Waals surface area contributed by atoms with Crippen LogP contribution in [-0.2, 0) is 0 Å². The Kier molecular flexibility index (Phi) is 5.80. The maximum absolute atomic E-state index is 6.65. The Morgan fingerprint density at radius 3 is 1.84 bits per heavy atom. The van der Waals surface area contributed by atoms with Gasteiger partial charge in [-0.2, -0.15) is 0 Å². The second kappa shape index (κ2) is 10.9. The highest BCUT2D eigenvalue weighted by atomic mass is 16.3. The van der Waals surface area contributed by atoms with E-state index in [2.05, 4.69) is 149 Å². The van der Waals surface area contributed by atoms with Crippen LogP contribution in [0, 0.1) is 0 Å². The molecule has 0 saturated heterocycles. The summed E-state index contributed by atoms with van der Waals surface area (Å²) in [5, 5.41) is 10.0. The van der Waals surface area contributed by atoms with E-state index < -0.39 is 0 Å². The average Bonchev–Trinajstić information content (AvgIpc) is 4.00. The molecular weight excluding hydrogens is 689 g/mol. The molecule has 5 aromatic heterocycles. The monoisotopic (exact) mass is 716 g/mol. The van der Waals surface area contributed by atoms with Gasteiger partial charge < -0.3 is 13.4 Å². The van der Waals surface area contributed by atoms with Crippen LogP contribution in [0.15, 0.2) is 179 Å². The molecule has 6 nitrogen and oxygen atoms in total. The lowest BCUT2D eigenvalue weighted by atomic mass is 10.0. The van der Waals surface area contributed by atoms with Crippen molar-refractivity contribution >= 4 is 98.4 Å². The molecule has 8 aromatic carbocycles. The van der Waals surface area contributed by atoms with Crippen LogP contribution in [0.3, 0.4) is 0 Å². The van der Waals surface area contributed by atoms with Gasteiger partial charge in [0.2, 0.25) is 5.95 Å². The maximum atomic E-state index is 6.65. The molecule has 56 heavy (non-hydrogen) atoms. The number of fused-ring (bicyclic) bond motifs is 14. The standard InChI is InChI=1S/C50H28N4O2/c1-2-12-31(13-3-1)53-39-18-8-4-14-32(39)37-27-30(22-24-41(37)53)47-49-48(35-17-7-11-21-44(35)56-49)52-50(51-47)54-40-19-9-5-15-33(40)38-26-29-23-25-45-46(36(29)28-42(38)54)34-16-6-10-20-43(34)55-45/h1-28H. The highest BCUT2D eigenvalue weighted by molar-refractivity contribution is 6.23. The van der Waals surface area contributed by atoms with Gasteiger partial charge in [-0.25, -0.2) is 9.97 Å². The first kappa shape index (κ1) is 29.7. The van der Waals surface area contributed by atoms with E-state index in [1.54, 1.807) is 0 Å². The van der Waals surface area contributed by atoms with E-state index in [0.717, 1.165) is 104 Å². The van der Waals surface area contributed by atoms with Gasteiger partial charge in [-0.3, -0.25) is 4.57 Å². The van der Waals surface area contributed by atoms with Crippen molar-refractivity contribution in [2.45, 2.75) is 0 Å². The molecule has 0 aliphatic rings. The van der Waals surface area contributed by atoms with E-state index in [1.807, 2.05) is 30.3 Å². The summed E-state index contributed by atoms with van der Waals surface area (Å²) in [6.45, 7) is 0. The summed E-state index contributed by atoms with van der Waals surface area (Å²) in [6.07, 6.45) is 0. The Labute approximate surface area is 318 Å². The Morgan fingerprint density at radius 2 is 1.04 bits per heavy atom. The predicted octanol–water partition coefficient (Wildman–Crippen LogP) is 13.3. The van der Waals surface area contributed by atoms with Crippen molar-refractivity contribution < 1.29 is 8.83 Å². The number of rotatable bonds is 3. The lowest BCUT2D eigenvalue weighted by Gasteiger charge is -2.11. The second-order valence-corrected chi connectivity index (χ2v) is 14.5. The Bertz CT molecular complexity index is 3770. The van der Waals surface area contributed by atoms with Crippen molar-refractivity contribution in [2.75, 3.05) is 0 Å². The minimum absolute atomic E-state index is 0.584. The van der Waals surface area contributed by atoms with Crippen LogP contribution >= 0.6 is 0 Å². The zero-order chi connectivity index (χ0) is 36.5. The van der Waals surface area contributed by atoms with E-state index in [-0.39, 0.29) is 0 Å². The molecular formula is C50H28N4O2. The first-order valence-corrected chi connectivity index (χ1v) is 18.8. The van der Waals surface area contributed by atoms with Crippen molar-refractivity contribution in [3.63, 3.8) is 0 Å². The Hall–Kier alpha value is -7.70. The minimum Gasteiger partial charge on any atom is -0.456 e. The number of hydrogen-bond acceptors (Lipinski definition) is 4. The summed E-state index contributed by atoms with van der Waals surface area (Å²) >= 11 is 0. The highest BCUT2D eigenvalue weighted by Crippen LogP contribution is 2.42. The average molecular weight is 717 g/mol. The lowest BCUT2D eigenvalue weighted by molar-refractivity contribution is 0.666. The molecule has 13 rings (SSSR count). The third-order valence-electron chi connectivity index (χ3n) is 11.5. The molecule has 0 bridgehead atoms. The molecule has 0 atom stereocenters. The topological polar surface area (TPSA) is 61.9 Å². The molecule has 0 radical (unpaired) electrons. The lowest BCUT2D eigenvalue weighted by Crippen LogP contribution is -2.03. The van der Waals surface area contributed by atoms with Crippen molar-refractivity contribution in [3.8, 4) is 22.9 Å². The summed E-state index contributed by atoms with van der Waals surface area (Å²) < 4.78 is 17.5. The predicted molar refractivity (Wildman–Crippen MR) is 228 cm³/mol. The third-order valence-corrected chi connectivity index (χ3v) is 11.5. The normalized spacial score (nSPS) is 12.3. The molecule has 0 N–H and O–H groups in total. The second-order valence-electron chi connectivity index (χ2n) is 14.5. The van der Waals surface area contributed by atoms with E-state index in [1.165, 1.54) is 5.39 Å². The quantitative estimate of drug-likeness (QED) is 0.183. The smallest absolute Gasteiger partial charge is 0.236 e. The van der Waals surface area contributed by atoms with Crippen molar-refractivity contribution in [1.29, 1.82) is 0 Å². The van der Waals surface area contributed by atoms with E-state index in [4.69, 9.17) is 18.8 Å². The molecule has 0 aliphatic carbocycles. The molecule has 0 amide bonds. The van der Waals surface area contributed by atoms with Crippen LogP contribution in [0.1, 0.15) is 0 Å². The van der Waals surface area contributed by atoms with Gasteiger partial charge in [0.25, 0.3) is 0 Å². The van der Waals surface area contributed by atoms with Crippen LogP contribution in [-0.4, -0.2) is 19.1 Å². The molecule has 13 aromatic rings. The van der Waals surface area contributed by atoms with Crippen molar-refractivity contribution in [2.24, 2.45) is 0 Å². The summed E-state index contributed by atoms with van der Waals surface area (Å²) in [7, 11) is 0. The third kappa shape index (κ3) is 3.99. The minimum atomic E-state index is 0.584. The van der Waals surface area contributed by atoms with Crippen LogP contribution in [0.25, 0.3) is 121 Å². The molecule has 6 heteroatoms. The first-order chi connectivity index (χ1) is 27.8. The molecule has 5 heterocycles. The number of furan rings is 2. The number of nitrogens with zero attached hydrogens (tertiary/aromatic N) is 4. The summed E-state index contributed by atoms with van der Waals surface area (Å²) in [6, 6.07) is 59.5. The van der Waals surface area contributed by atoms with Gasteiger partial charge in [-0.05, 0) is 83.6 Å². The maximum Gasteiger partial charge on any atom is 0.236 e. The summed E-state index contributed by atoms with van der Waals surface area (Å²) in [4.78, 5) is 10.8. The van der Waals surface area contributed by atoms with Gasteiger partial charge in [-0.15, -0.1) is 0 Å². The largest absolute Gasteiger partial charge is 0.456 e. The number of aromatic nitrogens is 4. The molecule has 0 unspecified atom stereocenters. The summed E-state index contributed by atoms with van der Waals surface area (Å²) in [5.41, 5.74) is 11.1. The number of para-hydroxylation sites is 5. The van der Waals surface area contributed by atoms with Gasteiger partial charge in [0.05, 0.1) is 22.1 Å². The van der Waals surface area contributed by atoms with E-state index >= 15 is 0 Å². The van der Waals surface area contributed by atoms with Crippen LogP contribution in [0.5, 0.6) is 0 Å². The van der Waals surface area contributed by atoms with Gasteiger partial charge in [-0.1, -0.05) is 97.1 Å². The van der Waals surface area contributed by atoms with Crippen molar-refractivity contribution in [1.82, 2.24) is 19.1 Å². The van der Waals surface area contributed by atoms with Crippen molar-refractivity contribution in [3.05, 3.63) is 170 Å². The number of hydrogen-bond donors (Lipinski definition) is 0. The van der Waals surface area contributed by atoms with E-state index in [0.29, 0.717) is 11.5 Å². The van der Waals surface area contributed by atoms with Gasteiger partial charge in [0, 0.05) is 49.0 Å². The van der Waals surface area contributed by atoms with Crippen LogP contribution in [0.2, 0.25) is 0 Å². The number of benzene rings is 8.